The highest BCUT2D eigenvalue weighted by atomic mass is 16.5. The first-order valence-corrected chi connectivity index (χ1v) is 5.78. The molecule has 1 aliphatic heterocycles. The summed E-state index contributed by atoms with van der Waals surface area (Å²) < 4.78 is 5.23. The Hall–Kier alpha value is -0.630. The third-order valence-corrected chi connectivity index (χ3v) is 2.26. The van der Waals surface area contributed by atoms with Crippen LogP contribution in [0.2, 0.25) is 0 Å². The van der Waals surface area contributed by atoms with E-state index >= 15 is 0 Å². The second-order valence-corrected chi connectivity index (χ2v) is 3.33. The van der Waals surface area contributed by atoms with Crippen molar-refractivity contribution in [3.8, 4) is 6.07 Å². The fourth-order valence-electron chi connectivity index (χ4n) is 1.42. The molecule has 0 bridgehead atoms. The molecule has 0 aliphatic carbocycles. The zero-order valence-corrected chi connectivity index (χ0v) is 9.91. The SMILES string of the molecule is CC.N#CC(N)CCCN1CCOCC1.[HH]. The van der Waals surface area contributed by atoms with Crippen molar-refractivity contribution in [2.24, 2.45) is 5.73 Å². The maximum atomic E-state index is 8.46. The molecule has 0 radical (unpaired) electrons. The van der Waals surface area contributed by atoms with E-state index in [-0.39, 0.29) is 7.47 Å². The van der Waals surface area contributed by atoms with E-state index < -0.39 is 0 Å². The summed E-state index contributed by atoms with van der Waals surface area (Å²) in [7, 11) is 0. The Morgan fingerprint density at radius 2 is 2.07 bits per heavy atom. The van der Waals surface area contributed by atoms with Crippen LogP contribution in [-0.2, 0) is 4.74 Å². The van der Waals surface area contributed by atoms with Gasteiger partial charge in [-0.15, -0.1) is 0 Å². The molecule has 0 aromatic carbocycles. The van der Waals surface area contributed by atoms with Crippen molar-refractivity contribution < 1.29 is 6.16 Å². The Labute approximate surface area is 94.5 Å². The summed E-state index contributed by atoms with van der Waals surface area (Å²) in [5.41, 5.74) is 5.48. The molecule has 0 aromatic rings. The molecule has 0 saturated carbocycles. The minimum atomic E-state index is -0.291. The van der Waals surface area contributed by atoms with Gasteiger partial charge in [0.1, 0.15) is 0 Å². The number of hydrogen-bond donors (Lipinski definition) is 1. The second-order valence-electron chi connectivity index (χ2n) is 3.33. The molecular weight excluding hydrogens is 190 g/mol. The zero-order valence-electron chi connectivity index (χ0n) is 9.91. The number of nitriles is 1. The number of nitrogens with two attached hydrogens (primary N) is 1. The highest BCUT2D eigenvalue weighted by molar-refractivity contribution is 4.86. The van der Waals surface area contributed by atoms with Gasteiger partial charge in [0, 0.05) is 14.5 Å². The first-order valence-electron chi connectivity index (χ1n) is 5.78. The standard InChI is InChI=1S/C9H17N3O.C2H6.H2/c10-8-9(11)2-1-3-12-4-6-13-7-5-12;1-2;/h9H,1-7,11H2;1-2H3;1H. The Bertz CT molecular complexity index is 179. The maximum Gasteiger partial charge on any atom is 0.0928 e. The van der Waals surface area contributed by atoms with Crippen LogP contribution in [0.25, 0.3) is 0 Å². The van der Waals surface area contributed by atoms with E-state index in [9.17, 15) is 0 Å². The maximum absolute atomic E-state index is 8.46. The molecule has 1 rings (SSSR count). The number of ether oxygens (including phenoxy) is 1. The summed E-state index contributed by atoms with van der Waals surface area (Å²) in [4.78, 5) is 2.35. The van der Waals surface area contributed by atoms with Crippen molar-refractivity contribution in [1.29, 1.82) is 5.26 Å². The fourth-order valence-corrected chi connectivity index (χ4v) is 1.42. The Morgan fingerprint density at radius 1 is 1.47 bits per heavy atom. The number of nitrogens with zero attached hydrogens (tertiary/aromatic N) is 2. The van der Waals surface area contributed by atoms with Crippen molar-refractivity contribution in [3.63, 3.8) is 0 Å². The van der Waals surface area contributed by atoms with Crippen molar-refractivity contribution >= 4 is 0 Å². The third-order valence-electron chi connectivity index (χ3n) is 2.26. The average Bonchev–Trinajstić information content (AvgIpc) is 2.33. The minimum Gasteiger partial charge on any atom is -0.379 e. The van der Waals surface area contributed by atoms with Crippen LogP contribution in [0.1, 0.15) is 28.1 Å². The molecule has 1 fully saturated rings. The summed E-state index contributed by atoms with van der Waals surface area (Å²) in [5.74, 6) is 0. The lowest BCUT2D eigenvalue weighted by Gasteiger charge is -2.26. The predicted octanol–water partition coefficient (Wildman–Crippen LogP) is 1.22. The van der Waals surface area contributed by atoms with Crippen LogP contribution in [0.15, 0.2) is 0 Å². The monoisotopic (exact) mass is 215 g/mol. The molecule has 1 saturated heterocycles. The van der Waals surface area contributed by atoms with Gasteiger partial charge in [-0.05, 0) is 19.4 Å². The first-order chi connectivity index (χ1) is 7.33. The molecule has 0 amide bonds. The lowest BCUT2D eigenvalue weighted by Crippen LogP contribution is -2.37. The lowest BCUT2D eigenvalue weighted by molar-refractivity contribution is 0.0371. The molecule has 15 heavy (non-hydrogen) atoms. The number of rotatable bonds is 4. The Morgan fingerprint density at radius 3 is 2.60 bits per heavy atom. The molecule has 2 N–H and O–H groups in total. The Kier molecular flexibility index (Phi) is 9.49. The van der Waals surface area contributed by atoms with Crippen molar-refractivity contribution in [2.75, 3.05) is 32.8 Å². The van der Waals surface area contributed by atoms with Gasteiger partial charge in [0.25, 0.3) is 0 Å². The molecule has 4 heteroatoms. The van der Waals surface area contributed by atoms with Gasteiger partial charge in [-0.1, -0.05) is 13.8 Å². The normalized spacial score (nSPS) is 18.5. The van der Waals surface area contributed by atoms with Crippen molar-refractivity contribution in [2.45, 2.75) is 32.7 Å². The van der Waals surface area contributed by atoms with Gasteiger partial charge >= 0.3 is 0 Å². The van der Waals surface area contributed by atoms with Gasteiger partial charge in [0.2, 0.25) is 0 Å². The fraction of sp³-hybridized carbons (Fsp3) is 0.909. The Balaban J connectivity index is 0. The summed E-state index contributed by atoms with van der Waals surface area (Å²) in [6.45, 7) is 8.75. The quantitative estimate of drug-likeness (QED) is 0.766. The molecule has 1 unspecified atom stereocenters. The van der Waals surface area contributed by atoms with E-state index in [0.29, 0.717) is 0 Å². The largest absolute Gasteiger partial charge is 0.379 e. The molecule has 1 heterocycles. The zero-order chi connectivity index (χ0) is 11.5. The molecular formula is C11H25N3O. The smallest absolute Gasteiger partial charge is 0.0928 e. The van der Waals surface area contributed by atoms with Crippen molar-refractivity contribution in [3.05, 3.63) is 0 Å². The molecule has 1 aliphatic rings. The van der Waals surface area contributed by atoms with Crippen LogP contribution in [-0.4, -0.2) is 43.8 Å². The van der Waals surface area contributed by atoms with Crippen LogP contribution in [0.3, 0.4) is 0 Å². The van der Waals surface area contributed by atoms with E-state index in [1.807, 2.05) is 19.9 Å². The van der Waals surface area contributed by atoms with Gasteiger partial charge in [-0.2, -0.15) is 5.26 Å². The summed E-state index contributed by atoms with van der Waals surface area (Å²) in [5, 5.41) is 8.46. The van der Waals surface area contributed by atoms with Gasteiger partial charge in [-0.3, -0.25) is 4.90 Å². The van der Waals surface area contributed by atoms with E-state index in [0.717, 1.165) is 45.7 Å². The van der Waals surface area contributed by atoms with Crippen LogP contribution in [0.5, 0.6) is 0 Å². The van der Waals surface area contributed by atoms with Gasteiger partial charge in [0.15, 0.2) is 0 Å². The third kappa shape index (κ3) is 7.32. The molecule has 1 atom stereocenters. The van der Waals surface area contributed by atoms with Crippen molar-refractivity contribution in [1.82, 2.24) is 4.90 Å². The van der Waals surface area contributed by atoms with E-state index in [1.54, 1.807) is 0 Å². The summed E-state index contributed by atoms with van der Waals surface area (Å²) in [6, 6.07) is 1.75. The summed E-state index contributed by atoms with van der Waals surface area (Å²) >= 11 is 0. The molecule has 0 aromatic heterocycles. The minimum absolute atomic E-state index is 0. The van der Waals surface area contributed by atoms with E-state index in [1.165, 1.54) is 0 Å². The van der Waals surface area contributed by atoms with Gasteiger partial charge < -0.3 is 10.5 Å². The number of morpholine rings is 1. The molecule has 4 nitrogen and oxygen atoms in total. The predicted molar refractivity (Wildman–Crippen MR) is 63.5 cm³/mol. The lowest BCUT2D eigenvalue weighted by atomic mass is 10.2. The topological polar surface area (TPSA) is 62.3 Å². The van der Waals surface area contributed by atoms with Crippen LogP contribution >= 0.6 is 0 Å². The van der Waals surface area contributed by atoms with Crippen LogP contribution in [0, 0.1) is 11.3 Å². The van der Waals surface area contributed by atoms with E-state index in [2.05, 4.69) is 4.90 Å². The second kappa shape index (κ2) is 9.91. The summed E-state index contributed by atoms with van der Waals surface area (Å²) in [6.07, 6.45) is 1.81. The van der Waals surface area contributed by atoms with Gasteiger partial charge in [0.05, 0.1) is 25.3 Å². The average molecular weight is 215 g/mol. The highest BCUT2D eigenvalue weighted by Crippen LogP contribution is 2.01. The van der Waals surface area contributed by atoms with Gasteiger partial charge in [-0.25, -0.2) is 0 Å². The van der Waals surface area contributed by atoms with E-state index in [4.69, 9.17) is 15.7 Å². The molecule has 0 spiro atoms. The highest BCUT2D eigenvalue weighted by Gasteiger charge is 2.09. The molecule has 90 valence electrons. The van der Waals surface area contributed by atoms with Crippen LogP contribution in [0.4, 0.5) is 0 Å². The first kappa shape index (κ1) is 14.4. The van der Waals surface area contributed by atoms with Crippen LogP contribution < -0.4 is 5.73 Å². The number of hydrogen-bond acceptors (Lipinski definition) is 4.